The summed E-state index contributed by atoms with van der Waals surface area (Å²) in [5, 5.41) is 59.4. The largest absolute Gasteiger partial charge is 0.390 e. The van der Waals surface area contributed by atoms with Gasteiger partial charge >= 0.3 is 0 Å². The van der Waals surface area contributed by atoms with Crippen LogP contribution in [0.15, 0.2) is 71.4 Å². The van der Waals surface area contributed by atoms with Crippen LogP contribution in [-0.4, -0.2) is 147 Å². The number of thioether (sulfide) groups is 1. The number of fused-ring (bicyclic) bond motifs is 20. The lowest BCUT2D eigenvalue weighted by Crippen LogP contribution is -2.54. The highest BCUT2D eigenvalue weighted by Crippen LogP contribution is 2.71. The summed E-state index contributed by atoms with van der Waals surface area (Å²) in [6.45, 7) is 32.1. The normalized spacial score (nSPS) is 47.0. The monoisotopic (exact) mass is 1770 g/mol. The highest BCUT2D eigenvalue weighted by molar-refractivity contribution is 7.99. The number of hydrogen-bond acceptors (Lipinski definition) is 13. The van der Waals surface area contributed by atoms with Gasteiger partial charge in [-0.25, -0.2) is 17.6 Å². The fourth-order valence-corrected chi connectivity index (χ4v) is 34.6. The van der Waals surface area contributed by atoms with Crippen LogP contribution < -0.4 is 0 Å². The molecule has 16 aliphatic rings. The molecule has 0 aliphatic heterocycles. The van der Waals surface area contributed by atoms with Gasteiger partial charge in [0.1, 0.15) is 24.7 Å². The second-order valence-electron chi connectivity index (χ2n) is 46.9. The van der Waals surface area contributed by atoms with Crippen LogP contribution in [0.5, 0.6) is 0 Å². The van der Waals surface area contributed by atoms with E-state index < -0.39 is 56.6 Å². The summed E-state index contributed by atoms with van der Waals surface area (Å²) >= 11 is 1.64. The minimum absolute atomic E-state index is 0.000452. The van der Waals surface area contributed by atoms with Crippen LogP contribution in [0.4, 0.5) is 23.4 Å². The van der Waals surface area contributed by atoms with Crippen molar-refractivity contribution in [2.45, 2.75) is 351 Å². The predicted octanol–water partition coefficient (Wildman–Crippen LogP) is 20.0. The summed E-state index contributed by atoms with van der Waals surface area (Å²) in [6.07, 6.45) is 42.2. The number of hydrogen-bond donors (Lipinski definition) is 4. The molecule has 125 heavy (non-hydrogen) atoms. The van der Waals surface area contributed by atoms with Gasteiger partial charge < -0.3 is 25.3 Å². The van der Waals surface area contributed by atoms with Crippen LogP contribution in [0, 0.1) is 177 Å². The van der Waals surface area contributed by atoms with Crippen molar-refractivity contribution in [3.63, 3.8) is 0 Å². The maximum atomic E-state index is 15.4. The molecular weight excluding hydrogens is 1620 g/mol. The molecule has 0 amide bonds. The molecule has 4 heterocycles. The van der Waals surface area contributed by atoms with Crippen molar-refractivity contribution in [2.75, 3.05) is 12.5 Å². The van der Waals surface area contributed by atoms with E-state index in [1.807, 2.05) is 70.3 Å². The molecule has 16 aliphatic carbocycles. The number of ketones is 3. The predicted molar refractivity (Wildman–Crippen MR) is 481 cm³/mol. The number of halogens is 4. The van der Waals surface area contributed by atoms with Gasteiger partial charge in [-0.1, -0.05) is 46.4 Å². The number of aliphatic hydroxyl groups is 4. The number of rotatable bonds is 14. The number of Topliss-reactive ketones (excluding diaryl/α,β-unsaturated/α-hetero) is 3. The van der Waals surface area contributed by atoms with Gasteiger partial charge in [-0.05, 0) is 424 Å². The molecule has 16 saturated carbocycles. The molecule has 20 rings (SSSR count). The minimum atomic E-state index is -2.35. The van der Waals surface area contributed by atoms with E-state index in [0.717, 1.165) is 145 Å². The summed E-state index contributed by atoms with van der Waals surface area (Å²) in [7, 11) is -2.35. The van der Waals surface area contributed by atoms with Gasteiger partial charge in [0.25, 0.3) is 5.82 Å². The quantitative estimate of drug-likeness (QED) is 0.0303. The van der Waals surface area contributed by atoms with Crippen LogP contribution in [0.1, 0.15) is 266 Å². The maximum absolute atomic E-state index is 15.4. The van der Waals surface area contributed by atoms with Gasteiger partial charge in [0, 0.05) is 53.7 Å². The van der Waals surface area contributed by atoms with Crippen molar-refractivity contribution in [1.29, 1.82) is 0 Å². The van der Waals surface area contributed by atoms with Crippen molar-refractivity contribution in [3.8, 4) is 0 Å². The third-order valence-corrected chi connectivity index (χ3v) is 41.3. The molecule has 23 heteroatoms. The van der Waals surface area contributed by atoms with E-state index in [9.17, 15) is 39.0 Å². The number of aromatic nitrogens is 8. The molecular formula is C102H149F4N9O8S2. The van der Waals surface area contributed by atoms with E-state index in [2.05, 4.69) is 65.4 Å². The van der Waals surface area contributed by atoms with Crippen LogP contribution in [-0.2, 0) is 50.1 Å². The molecule has 690 valence electrons. The van der Waals surface area contributed by atoms with Crippen LogP contribution in [0.2, 0.25) is 0 Å². The Balaban J connectivity index is 0.000000118. The molecule has 1 unspecified atom stereocenters. The third kappa shape index (κ3) is 17.5. The molecule has 17 nitrogen and oxygen atoms in total. The van der Waals surface area contributed by atoms with Gasteiger partial charge in [-0.2, -0.15) is 20.0 Å². The summed E-state index contributed by atoms with van der Waals surface area (Å²) in [5.74, 6) is 13.2. The van der Waals surface area contributed by atoms with Crippen molar-refractivity contribution in [1.82, 2.24) is 39.1 Å². The van der Waals surface area contributed by atoms with Crippen molar-refractivity contribution < 1.29 is 56.6 Å². The highest BCUT2D eigenvalue weighted by Gasteiger charge is 2.66. The van der Waals surface area contributed by atoms with E-state index in [-0.39, 0.29) is 75.4 Å². The van der Waals surface area contributed by atoms with Crippen molar-refractivity contribution >= 4 is 50.3 Å². The van der Waals surface area contributed by atoms with E-state index in [1.54, 1.807) is 56.7 Å². The van der Waals surface area contributed by atoms with Gasteiger partial charge in [-0.15, -0.1) is 11.8 Å². The smallest absolute Gasteiger partial charge is 0.295 e. The van der Waals surface area contributed by atoms with E-state index in [0.29, 0.717) is 194 Å². The van der Waals surface area contributed by atoms with Crippen molar-refractivity contribution in [3.05, 3.63) is 78.6 Å². The molecule has 37 atom stereocenters. The maximum Gasteiger partial charge on any atom is 0.295 e. The molecule has 0 bridgehead atoms. The summed E-state index contributed by atoms with van der Waals surface area (Å²) in [4.78, 5) is 45.0. The second kappa shape index (κ2) is 34.6. The lowest BCUT2D eigenvalue weighted by Gasteiger charge is -2.57. The first-order valence-corrected chi connectivity index (χ1v) is 52.4. The Kier molecular flexibility index (Phi) is 25.4. The first kappa shape index (κ1) is 91.9. The fourth-order valence-electron chi connectivity index (χ4n) is 33.6. The van der Waals surface area contributed by atoms with Gasteiger partial charge in [0.2, 0.25) is 0 Å². The second-order valence-corrected chi connectivity index (χ2v) is 50.3. The Morgan fingerprint density at radius 3 is 1.07 bits per heavy atom. The fraction of sp³-hybridized carbons (Fsp3) is 0.814. The first-order chi connectivity index (χ1) is 59.0. The lowest BCUT2D eigenvalue weighted by molar-refractivity contribution is -0.139. The Hall–Kier alpha value is -4.99. The molecule has 4 N–H and O–H groups in total. The van der Waals surface area contributed by atoms with Gasteiger partial charge in [0.15, 0.2) is 17.3 Å². The number of nitrogens with zero attached hydrogens (tertiary/aromatic N) is 9. The van der Waals surface area contributed by atoms with E-state index in [1.165, 1.54) is 24.8 Å². The Bertz CT molecular complexity index is 4760. The van der Waals surface area contributed by atoms with Gasteiger partial charge in [-0.3, -0.25) is 32.6 Å². The lowest BCUT2D eigenvalue weighted by atomic mass is 9.48. The molecule has 0 radical (unpaired) electrons. The Morgan fingerprint density at radius 2 is 0.760 bits per heavy atom. The first-order valence-electron chi connectivity index (χ1n) is 49.0. The number of alkyl halides is 4. The average molecular weight is 1770 g/mol. The summed E-state index contributed by atoms with van der Waals surface area (Å²) in [6, 6.07) is 1.76. The van der Waals surface area contributed by atoms with Crippen molar-refractivity contribution in [2.24, 2.45) is 164 Å². The topological polar surface area (TPSA) is 225 Å². The average Bonchev–Trinajstić information content (AvgIpc) is 1.65. The Labute approximate surface area is 747 Å². The van der Waals surface area contributed by atoms with Crippen LogP contribution >= 0.6 is 11.8 Å². The molecule has 16 fully saturated rings. The number of allylic oxidation sites excluding steroid dienone is 1. The van der Waals surface area contributed by atoms with Gasteiger partial charge in [0.05, 0.1) is 72.1 Å². The molecule has 4 aromatic heterocycles. The molecule has 0 aromatic carbocycles. The number of carbonyl (C=O) groups is 3. The molecule has 0 spiro atoms. The zero-order chi connectivity index (χ0) is 88.9. The Morgan fingerprint density at radius 1 is 0.448 bits per heavy atom. The standard InChI is InChI=1S/C26H36FN3O.C26H39FN2O3S.C25H37FN2O2S.C25H37FN2O2/c1-16(15-30-12-9-24(28-4)29-30)21-5-6-22-19-13-23(27)20-14-25(2,31)10-7-18(20)17(19)8-11-26(21,22)3;1-25(31)9-7-18-17-8-10-26(2)21(19(17)11-23(27)20(18)12-25)5-6-22(26)24(30)15-29-14-16(13-28-29)33(3,4)32;1-24(30)8-6-17-16-7-9-25(2)20(18(16)10-22(26)19(17)11-24)4-5-21(25)23(29)14-28-13-15(31-3)12-27-28;1-15-12-27-28(13-15)14-23(29)21-5-4-20-18-10-22(26)19-11-24(2,30)8-6-17(19)16(18)7-9-25(20,21)3/h9,12,17-23,31H,1,5-8,10-11,13-15H2,2-3H3;13-14,17-23,31H,3,5-12,15H2,1-2,4H3;12-13,16-22,30H,4-11,14H2,1-3H3;12-13,16-22,30H,4-11,14H2,1-3H3/t17-,18-,19-,20+,21-,22+,23-,25-,26-;17-,18-,19-,20+,21+,22-,23-,25-,26+,33?;2*16-,17-,18-,19+,20+,21-,22-,24-,25+/m1111/s1. The highest BCUT2D eigenvalue weighted by atomic mass is 32.2. The summed E-state index contributed by atoms with van der Waals surface area (Å²) in [5.41, 5.74) is -0.389. The minimum Gasteiger partial charge on any atom is -0.390 e. The third-order valence-electron chi connectivity index (χ3n) is 39.4. The summed E-state index contributed by atoms with van der Waals surface area (Å²) < 4.78 is 80.8. The van der Waals surface area contributed by atoms with E-state index in [4.69, 9.17) is 6.57 Å². The zero-order valence-corrected chi connectivity index (χ0v) is 78.6. The number of carbonyl (C=O) groups excluding carboxylic acids is 3. The zero-order valence-electron chi connectivity index (χ0n) is 76.9. The van der Waals surface area contributed by atoms with Crippen LogP contribution in [0.3, 0.4) is 0 Å². The van der Waals surface area contributed by atoms with E-state index >= 15 is 17.6 Å². The molecule has 4 aromatic rings. The molecule has 0 saturated heterocycles. The number of aryl methyl sites for hydroxylation is 1. The van der Waals surface area contributed by atoms with Crippen LogP contribution in [0.25, 0.3) is 4.85 Å². The SMILES string of the molecule is C=S(C)(=O)c1cnn(CC(=O)[C@H]2CC[C@H]3[C@@H]4C[C@@H](F)[C@H]5C[C@](C)(O)CC[C@@H]5[C@H]4CC[C@]23C)c1.CSc1cnn(CC(=O)[C@H]2CC[C@H]3[C@@H]4C[C@@H](F)[C@H]5C[C@](C)(O)CC[C@@H]5[C@H]4CC[C@]23C)c1.Cc1cnn(CC(=O)[C@H]2CC[C@H]3[C@@H]4C[C@@H](F)[C@H]5C[C@](C)(O)CC[C@@H]5[C@H]4CC[C@]23C)c1.[C-]#[N+]c1ccn(CC(=C)[C@H]2CC[C@H]3[C@@H]4C[C@@H](F)[C@H]5C[C@](C)(O)CC[C@@H]5[C@H]4CC[C@]23C)n1.